The molecule has 1 N–H and O–H groups in total. The minimum absolute atomic E-state index is 0.101. The van der Waals surface area contributed by atoms with Crippen LogP contribution >= 0.6 is 23.4 Å². The molecule has 10 heteroatoms. The number of nitrogens with zero attached hydrogens (tertiary/aromatic N) is 3. The van der Waals surface area contributed by atoms with E-state index >= 15 is 0 Å². The van der Waals surface area contributed by atoms with Gasteiger partial charge in [-0.1, -0.05) is 23.7 Å². The number of rotatable bonds is 6. The van der Waals surface area contributed by atoms with Gasteiger partial charge in [-0.15, -0.1) is 11.8 Å². The number of benzene rings is 2. The number of amides is 1. The molecule has 5 nitrogen and oxygen atoms in total. The lowest BCUT2D eigenvalue weighted by atomic mass is 10.2. The molecule has 0 saturated carbocycles. The fourth-order valence-electron chi connectivity index (χ4n) is 3.07. The van der Waals surface area contributed by atoms with Crippen LogP contribution in [0.3, 0.4) is 0 Å². The molecule has 1 amide bonds. The first-order valence-electron chi connectivity index (χ1n) is 9.65. The van der Waals surface area contributed by atoms with Crippen LogP contribution in [0.2, 0.25) is 5.02 Å². The van der Waals surface area contributed by atoms with Crippen molar-refractivity contribution in [3.05, 3.63) is 101 Å². The highest BCUT2D eigenvalue weighted by atomic mass is 35.5. The Kier molecular flexibility index (Phi) is 6.71. The van der Waals surface area contributed by atoms with Crippen molar-refractivity contribution in [2.45, 2.75) is 16.8 Å². The Morgan fingerprint density at radius 3 is 2.52 bits per heavy atom. The van der Waals surface area contributed by atoms with Gasteiger partial charge in [0, 0.05) is 33.8 Å². The van der Waals surface area contributed by atoms with Crippen LogP contribution in [-0.2, 0) is 11.9 Å². The van der Waals surface area contributed by atoms with Crippen molar-refractivity contribution >= 4 is 35.0 Å². The van der Waals surface area contributed by atoms with Gasteiger partial charge in [0.25, 0.3) is 5.91 Å². The SMILES string of the molecule is O=C(Nc1ccc(SCc2cccnc2)cc1)c1cnn(-c2cccc(Cl)c2)c1C(F)(F)F. The van der Waals surface area contributed by atoms with E-state index in [2.05, 4.69) is 15.4 Å². The average Bonchev–Trinajstić information content (AvgIpc) is 3.26. The third kappa shape index (κ3) is 5.55. The molecule has 4 rings (SSSR count). The van der Waals surface area contributed by atoms with Gasteiger partial charge in [-0.2, -0.15) is 18.3 Å². The zero-order valence-corrected chi connectivity index (χ0v) is 18.5. The van der Waals surface area contributed by atoms with E-state index in [-0.39, 0.29) is 10.7 Å². The minimum atomic E-state index is -4.81. The molecule has 0 aliphatic carbocycles. The molecule has 0 radical (unpaired) electrons. The Morgan fingerprint density at radius 1 is 1.06 bits per heavy atom. The summed E-state index contributed by atoms with van der Waals surface area (Å²) in [6.45, 7) is 0. The number of aromatic nitrogens is 3. The zero-order chi connectivity index (χ0) is 23.4. The molecule has 0 spiro atoms. The summed E-state index contributed by atoms with van der Waals surface area (Å²) >= 11 is 7.48. The maximum Gasteiger partial charge on any atom is 0.434 e. The van der Waals surface area contributed by atoms with Gasteiger partial charge < -0.3 is 5.32 Å². The first-order chi connectivity index (χ1) is 15.8. The molecule has 2 heterocycles. The monoisotopic (exact) mass is 488 g/mol. The fraction of sp³-hybridized carbons (Fsp3) is 0.0870. The minimum Gasteiger partial charge on any atom is -0.322 e. The van der Waals surface area contributed by atoms with E-state index in [1.807, 2.05) is 12.1 Å². The second-order valence-corrected chi connectivity index (χ2v) is 8.41. The average molecular weight is 489 g/mol. The number of hydrogen-bond donors (Lipinski definition) is 1. The van der Waals surface area contributed by atoms with E-state index in [9.17, 15) is 18.0 Å². The molecule has 4 aromatic rings. The molecule has 168 valence electrons. The number of carbonyl (C=O) groups excluding carboxylic acids is 1. The van der Waals surface area contributed by atoms with E-state index in [1.165, 1.54) is 24.3 Å². The maximum absolute atomic E-state index is 13.8. The van der Waals surface area contributed by atoms with Crippen LogP contribution in [0.15, 0.2) is 84.1 Å². The van der Waals surface area contributed by atoms with Crippen molar-refractivity contribution < 1.29 is 18.0 Å². The summed E-state index contributed by atoms with van der Waals surface area (Å²) in [7, 11) is 0. The summed E-state index contributed by atoms with van der Waals surface area (Å²) in [6.07, 6.45) is -0.423. The van der Waals surface area contributed by atoms with Crippen LogP contribution in [0.5, 0.6) is 0 Å². The second-order valence-electron chi connectivity index (χ2n) is 6.92. The summed E-state index contributed by atoms with van der Waals surface area (Å²) in [5.74, 6) is -0.191. The number of nitrogens with one attached hydrogen (secondary N) is 1. The Bertz CT molecular complexity index is 1260. The number of thioether (sulfide) groups is 1. The van der Waals surface area contributed by atoms with Gasteiger partial charge >= 0.3 is 6.18 Å². The zero-order valence-electron chi connectivity index (χ0n) is 16.9. The van der Waals surface area contributed by atoms with Crippen molar-refractivity contribution in [2.24, 2.45) is 0 Å². The molecular weight excluding hydrogens is 473 g/mol. The lowest BCUT2D eigenvalue weighted by Crippen LogP contribution is -2.20. The number of halogens is 4. The topological polar surface area (TPSA) is 59.8 Å². The van der Waals surface area contributed by atoms with Crippen LogP contribution in [0, 0.1) is 0 Å². The van der Waals surface area contributed by atoms with Gasteiger partial charge in [-0.05, 0) is 54.1 Å². The molecule has 2 aromatic carbocycles. The third-order valence-electron chi connectivity index (χ3n) is 4.58. The fourth-order valence-corrected chi connectivity index (χ4v) is 4.09. The Labute approximate surface area is 196 Å². The number of pyridine rings is 1. The van der Waals surface area contributed by atoms with Crippen molar-refractivity contribution in [1.29, 1.82) is 0 Å². The number of anilines is 1. The Hall–Kier alpha value is -3.30. The first kappa shape index (κ1) is 22.9. The number of hydrogen-bond acceptors (Lipinski definition) is 4. The molecule has 0 unspecified atom stereocenters. The summed E-state index contributed by atoms with van der Waals surface area (Å²) in [4.78, 5) is 17.7. The lowest BCUT2D eigenvalue weighted by molar-refractivity contribution is -0.143. The molecule has 0 bridgehead atoms. The Morgan fingerprint density at radius 2 is 1.85 bits per heavy atom. The quantitative estimate of drug-likeness (QED) is 0.315. The number of alkyl halides is 3. The molecule has 0 saturated heterocycles. The van der Waals surface area contributed by atoms with Gasteiger partial charge in [0.2, 0.25) is 0 Å². The molecule has 0 fully saturated rings. The van der Waals surface area contributed by atoms with Gasteiger partial charge in [-0.3, -0.25) is 9.78 Å². The maximum atomic E-state index is 13.8. The molecule has 0 aliphatic rings. The van der Waals surface area contributed by atoms with Crippen molar-refractivity contribution in [3.63, 3.8) is 0 Å². The van der Waals surface area contributed by atoms with Crippen molar-refractivity contribution in [1.82, 2.24) is 14.8 Å². The highest BCUT2D eigenvalue weighted by Crippen LogP contribution is 2.34. The van der Waals surface area contributed by atoms with E-state index < -0.39 is 23.3 Å². The predicted octanol–water partition coefficient (Wildman–Crippen LogP) is 6.48. The van der Waals surface area contributed by atoms with E-state index in [0.717, 1.165) is 22.4 Å². The Balaban J connectivity index is 1.51. The number of carbonyl (C=O) groups is 1. The molecule has 0 aliphatic heterocycles. The van der Waals surface area contributed by atoms with E-state index in [4.69, 9.17) is 11.6 Å². The molecule has 0 atom stereocenters. The summed E-state index contributed by atoms with van der Waals surface area (Å²) < 4.78 is 42.1. The molecular formula is C23H16ClF3N4OS. The van der Waals surface area contributed by atoms with Gasteiger partial charge in [0.1, 0.15) is 0 Å². The molecule has 2 aromatic heterocycles. The van der Waals surface area contributed by atoms with Gasteiger partial charge in [-0.25, -0.2) is 4.68 Å². The predicted molar refractivity (Wildman–Crippen MR) is 122 cm³/mol. The summed E-state index contributed by atoms with van der Waals surface area (Å²) in [5.41, 5.74) is -0.224. The smallest absolute Gasteiger partial charge is 0.322 e. The normalized spacial score (nSPS) is 11.4. The highest BCUT2D eigenvalue weighted by Gasteiger charge is 2.40. The molecule has 33 heavy (non-hydrogen) atoms. The van der Waals surface area contributed by atoms with E-state index in [0.29, 0.717) is 10.4 Å². The van der Waals surface area contributed by atoms with Crippen LogP contribution in [-0.4, -0.2) is 20.7 Å². The lowest BCUT2D eigenvalue weighted by Gasteiger charge is -2.13. The van der Waals surface area contributed by atoms with Crippen LogP contribution in [0.25, 0.3) is 5.69 Å². The third-order valence-corrected chi connectivity index (χ3v) is 5.89. The van der Waals surface area contributed by atoms with Crippen molar-refractivity contribution in [2.75, 3.05) is 5.32 Å². The van der Waals surface area contributed by atoms with Crippen molar-refractivity contribution in [3.8, 4) is 5.69 Å². The van der Waals surface area contributed by atoms with Gasteiger partial charge in [0.05, 0.1) is 17.4 Å². The van der Waals surface area contributed by atoms with Gasteiger partial charge in [0.15, 0.2) is 5.69 Å². The standard InChI is InChI=1S/C23H16ClF3N4OS/c24-16-4-1-5-18(11-16)31-21(23(25,26)27)20(13-29-31)22(32)30-17-6-8-19(9-7-17)33-14-15-3-2-10-28-12-15/h1-13H,14H2,(H,30,32). The highest BCUT2D eigenvalue weighted by molar-refractivity contribution is 7.98. The second kappa shape index (κ2) is 9.68. The first-order valence-corrected chi connectivity index (χ1v) is 11.0. The van der Waals surface area contributed by atoms with E-state index in [1.54, 1.807) is 48.4 Å². The summed E-state index contributed by atoms with van der Waals surface area (Å²) in [6, 6.07) is 16.5. The van der Waals surface area contributed by atoms with Crippen LogP contribution in [0.1, 0.15) is 21.6 Å². The van der Waals surface area contributed by atoms with Crippen LogP contribution in [0.4, 0.5) is 18.9 Å². The van der Waals surface area contributed by atoms with Crippen LogP contribution < -0.4 is 5.32 Å². The largest absolute Gasteiger partial charge is 0.434 e. The summed E-state index contributed by atoms with van der Waals surface area (Å²) in [5, 5.41) is 6.56.